The van der Waals surface area contributed by atoms with Gasteiger partial charge in [-0.15, -0.1) is 0 Å². The van der Waals surface area contributed by atoms with Crippen LogP contribution in [0.1, 0.15) is 37.7 Å². The third-order valence-corrected chi connectivity index (χ3v) is 8.16. The van der Waals surface area contributed by atoms with Crippen molar-refractivity contribution < 1.29 is 15.0 Å². The molecule has 2 N–H and O–H groups in total. The van der Waals surface area contributed by atoms with Crippen molar-refractivity contribution in [2.45, 2.75) is 44.6 Å². The van der Waals surface area contributed by atoms with E-state index in [0.717, 1.165) is 12.3 Å². The molecule has 4 aliphatic carbocycles. The van der Waals surface area contributed by atoms with Crippen molar-refractivity contribution in [1.82, 2.24) is 0 Å². The van der Waals surface area contributed by atoms with E-state index in [9.17, 15) is 15.0 Å². The lowest BCUT2D eigenvalue weighted by molar-refractivity contribution is -0.134. The van der Waals surface area contributed by atoms with Gasteiger partial charge in [-0.3, -0.25) is 0 Å². The quantitative estimate of drug-likeness (QED) is 0.543. The molecule has 0 aromatic heterocycles. The smallest absolute Gasteiger partial charge is 0.331 e. The highest BCUT2D eigenvalue weighted by Crippen LogP contribution is 2.67. The maximum Gasteiger partial charge on any atom is 0.331 e. The van der Waals surface area contributed by atoms with E-state index in [0.29, 0.717) is 29.2 Å². The standard InChI is InChI=1S/C25H30O3/c26-22-14-20(25(27)28)18-12-11-17-16(19-13-21(22)24(18)23(17)19)10-6-2-5-9-15-7-3-1-4-8-15/h1,3-4,7-8,11-12,14,16-19,21-24,26H,2,5-6,9-10,13H2,(H,27,28)/t16-,17-,18+,19+,21+,22-,23-,24+/m1/s1. The Kier molecular flexibility index (Phi) is 4.66. The van der Waals surface area contributed by atoms with Crippen LogP contribution in [0.4, 0.5) is 0 Å². The van der Waals surface area contributed by atoms with E-state index in [-0.39, 0.29) is 11.8 Å². The molecule has 28 heavy (non-hydrogen) atoms. The first-order chi connectivity index (χ1) is 13.6. The van der Waals surface area contributed by atoms with Crippen LogP contribution in [-0.2, 0) is 11.2 Å². The van der Waals surface area contributed by atoms with Crippen LogP contribution in [0.5, 0.6) is 0 Å². The molecule has 0 amide bonds. The van der Waals surface area contributed by atoms with Gasteiger partial charge in [0, 0.05) is 11.5 Å². The van der Waals surface area contributed by atoms with Gasteiger partial charge in [0.1, 0.15) is 0 Å². The Labute approximate surface area is 167 Å². The summed E-state index contributed by atoms with van der Waals surface area (Å²) >= 11 is 0. The Balaban J connectivity index is 1.19. The zero-order valence-electron chi connectivity index (χ0n) is 16.3. The number of unbranched alkanes of at least 4 members (excludes halogenated alkanes) is 2. The van der Waals surface area contributed by atoms with Crippen molar-refractivity contribution >= 4 is 5.97 Å². The molecular formula is C25H30O3. The van der Waals surface area contributed by atoms with Gasteiger partial charge in [0.25, 0.3) is 0 Å². The van der Waals surface area contributed by atoms with Gasteiger partial charge in [-0.1, -0.05) is 55.3 Å². The van der Waals surface area contributed by atoms with Gasteiger partial charge < -0.3 is 10.2 Å². The van der Waals surface area contributed by atoms with Crippen molar-refractivity contribution in [3.05, 3.63) is 59.7 Å². The number of aliphatic hydroxyl groups is 1. The number of carboxylic acids is 1. The predicted molar refractivity (Wildman–Crippen MR) is 109 cm³/mol. The van der Waals surface area contributed by atoms with E-state index in [1.165, 1.54) is 37.7 Å². The number of aliphatic hydroxyl groups excluding tert-OH is 1. The molecule has 148 valence electrons. The van der Waals surface area contributed by atoms with Crippen LogP contribution >= 0.6 is 0 Å². The maximum atomic E-state index is 11.6. The third-order valence-electron chi connectivity index (χ3n) is 8.16. The Morgan fingerprint density at radius 2 is 1.82 bits per heavy atom. The van der Waals surface area contributed by atoms with Crippen LogP contribution < -0.4 is 0 Å². The molecule has 3 heteroatoms. The molecule has 2 saturated carbocycles. The number of carbonyl (C=O) groups is 1. The molecule has 0 spiro atoms. The third kappa shape index (κ3) is 2.86. The highest BCUT2D eigenvalue weighted by atomic mass is 16.4. The minimum absolute atomic E-state index is 0.0176. The number of carboxylic acid groups (broad SMARTS) is 1. The van der Waals surface area contributed by atoms with Gasteiger partial charge >= 0.3 is 5.97 Å². The summed E-state index contributed by atoms with van der Waals surface area (Å²) in [4.78, 5) is 11.6. The maximum absolute atomic E-state index is 11.6. The summed E-state index contributed by atoms with van der Waals surface area (Å²) in [7, 11) is 0. The predicted octanol–water partition coefficient (Wildman–Crippen LogP) is 4.48. The van der Waals surface area contributed by atoms with E-state index in [4.69, 9.17) is 0 Å². The average Bonchev–Trinajstić information content (AvgIpc) is 3.06. The second-order valence-electron chi connectivity index (χ2n) is 9.37. The number of benzene rings is 1. The van der Waals surface area contributed by atoms with Crippen molar-refractivity contribution in [1.29, 1.82) is 0 Å². The van der Waals surface area contributed by atoms with Crippen molar-refractivity contribution in [3.8, 4) is 0 Å². The number of hydrogen-bond donors (Lipinski definition) is 2. The van der Waals surface area contributed by atoms with E-state index in [1.54, 1.807) is 6.08 Å². The molecule has 3 nitrogen and oxygen atoms in total. The highest BCUT2D eigenvalue weighted by Gasteiger charge is 2.63. The number of hydrogen-bond acceptors (Lipinski definition) is 2. The number of aliphatic carboxylic acids is 1. The van der Waals surface area contributed by atoms with E-state index >= 15 is 0 Å². The molecule has 0 heterocycles. The van der Waals surface area contributed by atoms with Gasteiger partial charge in [-0.2, -0.15) is 0 Å². The summed E-state index contributed by atoms with van der Waals surface area (Å²) in [6.07, 6.45) is 12.9. The lowest BCUT2D eigenvalue weighted by Gasteiger charge is -2.54. The Bertz CT molecular complexity index is 795. The van der Waals surface area contributed by atoms with Gasteiger partial charge in [0.15, 0.2) is 0 Å². The summed E-state index contributed by atoms with van der Waals surface area (Å²) in [5, 5.41) is 20.1. The molecule has 2 fully saturated rings. The molecule has 1 aromatic rings. The van der Waals surface area contributed by atoms with Crippen LogP contribution in [0.2, 0.25) is 0 Å². The summed E-state index contributed by atoms with van der Waals surface area (Å²) in [5.41, 5.74) is 1.86. The van der Waals surface area contributed by atoms with Gasteiger partial charge in [0.05, 0.1) is 6.10 Å². The fraction of sp³-hybridized carbons (Fsp3) is 0.560. The summed E-state index contributed by atoms with van der Waals surface area (Å²) < 4.78 is 0. The Morgan fingerprint density at radius 3 is 2.61 bits per heavy atom. The molecule has 1 aromatic carbocycles. The molecule has 0 saturated heterocycles. The van der Waals surface area contributed by atoms with Crippen LogP contribution in [-0.4, -0.2) is 22.3 Å². The van der Waals surface area contributed by atoms with Crippen LogP contribution in [0.25, 0.3) is 0 Å². The van der Waals surface area contributed by atoms with Gasteiger partial charge in [0.2, 0.25) is 0 Å². The monoisotopic (exact) mass is 378 g/mol. The second-order valence-corrected chi connectivity index (χ2v) is 9.37. The zero-order chi connectivity index (χ0) is 19.3. The largest absolute Gasteiger partial charge is 0.478 e. The first kappa shape index (κ1) is 18.2. The average molecular weight is 379 g/mol. The molecule has 0 bridgehead atoms. The Morgan fingerprint density at radius 1 is 1.00 bits per heavy atom. The fourth-order valence-electron chi connectivity index (χ4n) is 7.03. The van der Waals surface area contributed by atoms with Crippen molar-refractivity contribution in [3.63, 3.8) is 0 Å². The van der Waals surface area contributed by atoms with Gasteiger partial charge in [-0.05, 0) is 72.8 Å². The Hall–Kier alpha value is -1.87. The first-order valence-corrected chi connectivity index (χ1v) is 11.0. The minimum Gasteiger partial charge on any atom is -0.478 e. The lowest BCUT2D eigenvalue weighted by atomic mass is 9.50. The number of rotatable bonds is 7. The first-order valence-electron chi connectivity index (χ1n) is 11.0. The van der Waals surface area contributed by atoms with Crippen LogP contribution in [0, 0.1) is 41.4 Å². The fourth-order valence-corrected chi connectivity index (χ4v) is 7.03. The zero-order valence-corrected chi connectivity index (χ0v) is 16.3. The molecular weight excluding hydrogens is 348 g/mol. The normalized spacial score (nSPS) is 39.8. The van der Waals surface area contributed by atoms with Gasteiger partial charge in [-0.25, -0.2) is 4.79 Å². The summed E-state index contributed by atoms with van der Waals surface area (Å²) in [6.45, 7) is 0. The summed E-state index contributed by atoms with van der Waals surface area (Å²) in [6, 6.07) is 10.7. The van der Waals surface area contributed by atoms with Crippen molar-refractivity contribution in [2.24, 2.45) is 41.4 Å². The molecule has 0 aliphatic heterocycles. The number of allylic oxidation sites excluding steroid dienone is 2. The van der Waals surface area contributed by atoms with Crippen LogP contribution in [0.3, 0.4) is 0 Å². The van der Waals surface area contributed by atoms with E-state index < -0.39 is 12.1 Å². The minimum atomic E-state index is -0.858. The summed E-state index contributed by atoms with van der Waals surface area (Å²) in [5.74, 6) is 2.42. The second kappa shape index (κ2) is 7.18. The molecule has 0 unspecified atom stereocenters. The van der Waals surface area contributed by atoms with E-state index in [1.807, 2.05) is 0 Å². The van der Waals surface area contributed by atoms with E-state index in [2.05, 4.69) is 42.5 Å². The van der Waals surface area contributed by atoms with Crippen LogP contribution in [0.15, 0.2) is 54.1 Å². The topological polar surface area (TPSA) is 57.5 Å². The molecule has 4 aliphatic rings. The van der Waals surface area contributed by atoms with Crippen molar-refractivity contribution in [2.75, 3.05) is 0 Å². The highest BCUT2D eigenvalue weighted by molar-refractivity contribution is 5.88. The molecule has 0 radical (unpaired) electrons. The molecule has 8 atom stereocenters. The number of aryl methyl sites for hydroxylation is 1. The SMILES string of the molecule is O=C(O)C1=C[C@@H](O)[C@@H]2C[C@H]3[C@H](CCCCCc4ccccc4)[C@H]4C=C[C@@H]1[C@@H]2[C@H]43. The lowest BCUT2D eigenvalue weighted by Crippen LogP contribution is -2.50. The molecule has 5 rings (SSSR count).